The van der Waals surface area contributed by atoms with Crippen LogP contribution in [-0.2, 0) is 0 Å². The Labute approximate surface area is 84.1 Å². The number of alkyl halides is 3. The normalized spacial score (nSPS) is 11.5. The summed E-state index contributed by atoms with van der Waals surface area (Å²) in [6, 6.07) is 0.686. The summed E-state index contributed by atoms with van der Waals surface area (Å²) < 4.78 is 48.4. The molecule has 0 amide bonds. The fraction of sp³-hybridized carbons (Fsp3) is 0.143. The van der Waals surface area contributed by atoms with E-state index in [4.69, 9.17) is 0 Å². The van der Waals surface area contributed by atoms with Gasteiger partial charge >= 0.3 is 6.18 Å². The largest absolute Gasteiger partial charge is 0.454 e. The highest BCUT2D eigenvalue weighted by atomic mass is 79.9. The minimum Gasteiger partial charge on any atom is -0.284 e. The van der Waals surface area contributed by atoms with E-state index in [9.17, 15) is 22.4 Å². The van der Waals surface area contributed by atoms with Crippen LogP contribution in [0.3, 0.4) is 0 Å². The second-order valence-electron chi connectivity index (χ2n) is 2.31. The van der Waals surface area contributed by atoms with Crippen LogP contribution in [0, 0.1) is 5.82 Å². The minimum absolute atomic E-state index is 0.0356. The predicted molar refractivity (Wildman–Crippen MR) is 42.3 cm³/mol. The fourth-order valence-corrected chi connectivity index (χ4v) is 1.07. The van der Waals surface area contributed by atoms with Crippen LogP contribution in [0.5, 0.6) is 0 Å². The van der Waals surface area contributed by atoms with Crippen LogP contribution in [0.4, 0.5) is 17.6 Å². The maximum Gasteiger partial charge on any atom is 0.454 e. The number of nitrogens with zero attached hydrogens (tertiary/aromatic N) is 1. The Morgan fingerprint density at radius 1 is 1.43 bits per heavy atom. The molecule has 0 aliphatic carbocycles. The standard InChI is InChI=1S/C7H2BrF4NO/c8-5-1-3(4(9)2-13-5)6(14)7(10,11)12/h1-2H. The summed E-state index contributed by atoms with van der Waals surface area (Å²) in [6.07, 6.45) is -4.54. The third-order valence-electron chi connectivity index (χ3n) is 1.32. The molecule has 7 heteroatoms. The van der Waals surface area contributed by atoms with Crippen molar-refractivity contribution in [1.82, 2.24) is 4.98 Å². The van der Waals surface area contributed by atoms with E-state index < -0.39 is 23.3 Å². The molecule has 1 rings (SSSR count). The Kier molecular flexibility index (Phi) is 2.89. The number of aromatic nitrogens is 1. The van der Waals surface area contributed by atoms with E-state index in [-0.39, 0.29) is 4.60 Å². The lowest BCUT2D eigenvalue weighted by atomic mass is 10.1. The number of carbonyl (C=O) groups excluding carboxylic acids is 1. The van der Waals surface area contributed by atoms with E-state index in [0.717, 1.165) is 0 Å². The number of ketones is 1. The Balaban J connectivity index is 3.19. The molecule has 0 saturated carbocycles. The summed E-state index contributed by atoms with van der Waals surface area (Å²) in [5.74, 6) is -3.52. The van der Waals surface area contributed by atoms with Crippen molar-refractivity contribution in [2.75, 3.05) is 0 Å². The van der Waals surface area contributed by atoms with Gasteiger partial charge in [-0.25, -0.2) is 9.37 Å². The molecule has 14 heavy (non-hydrogen) atoms. The smallest absolute Gasteiger partial charge is 0.284 e. The molecule has 1 aromatic rings. The first-order chi connectivity index (χ1) is 6.32. The number of pyridine rings is 1. The van der Waals surface area contributed by atoms with Gasteiger partial charge in [0.1, 0.15) is 4.60 Å². The van der Waals surface area contributed by atoms with Crippen LogP contribution in [-0.4, -0.2) is 16.9 Å². The summed E-state index contributed by atoms with van der Waals surface area (Å²) in [5.41, 5.74) is -1.04. The Hall–Kier alpha value is -0.980. The van der Waals surface area contributed by atoms with Crippen LogP contribution < -0.4 is 0 Å². The molecule has 0 aromatic carbocycles. The lowest BCUT2D eigenvalue weighted by Crippen LogP contribution is -2.23. The van der Waals surface area contributed by atoms with Crippen LogP contribution in [0.15, 0.2) is 16.9 Å². The van der Waals surface area contributed by atoms with Gasteiger partial charge in [0.05, 0.1) is 11.8 Å². The molecule has 1 aromatic heterocycles. The maximum atomic E-state index is 12.7. The SMILES string of the molecule is O=C(c1cc(Br)ncc1F)C(F)(F)F. The van der Waals surface area contributed by atoms with Gasteiger partial charge in [-0.2, -0.15) is 13.2 Å². The molecule has 0 atom stereocenters. The van der Waals surface area contributed by atoms with E-state index in [1.165, 1.54) is 0 Å². The van der Waals surface area contributed by atoms with E-state index in [1.54, 1.807) is 0 Å². The third-order valence-corrected chi connectivity index (χ3v) is 1.76. The predicted octanol–water partition coefficient (Wildman–Crippen LogP) is 2.73. The van der Waals surface area contributed by atoms with Crippen molar-refractivity contribution in [2.45, 2.75) is 6.18 Å². The molecular formula is C7H2BrF4NO. The van der Waals surface area contributed by atoms with Crippen molar-refractivity contribution in [3.63, 3.8) is 0 Å². The number of carbonyl (C=O) groups is 1. The second kappa shape index (κ2) is 3.64. The monoisotopic (exact) mass is 271 g/mol. The van der Waals surface area contributed by atoms with Crippen molar-refractivity contribution in [1.29, 1.82) is 0 Å². The van der Waals surface area contributed by atoms with Crippen LogP contribution in [0.1, 0.15) is 10.4 Å². The molecule has 0 spiro atoms. The number of rotatable bonds is 1. The maximum absolute atomic E-state index is 12.7. The van der Waals surface area contributed by atoms with E-state index >= 15 is 0 Å². The van der Waals surface area contributed by atoms with Gasteiger partial charge in [0.2, 0.25) is 0 Å². The molecule has 1 heterocycles. The zero-order valence-corrected chi connectivity index (χ0v) is 7.99. The van der Waals surface area contributed by atoms with Gasteiger partial charge in [-0.1, -0.05) is 0 Å². The van der Waals surface area contributed by atoms with Crippen molar-refractivity contribution < 1.29 is 22.4 Å². The van der Waals surface area contributed by atoms with Gasteiger partial charge in [0, 0.05) is 0 Å². The van der Waals surface area contributed by atoms with Crippen molar-refractivity contribution in [2.24, 2.45) is 0 Å². The molecular weight excluding hydrogens is 270 g/mol. The number of hydrogen-bond donors (Lipinski definition) is 0. The van der Waals surface area contributed by atoms with Crippen molar-refractivity contribution >= 4 is 21.7 Å². The first-order valence-corrected chi connectivity index (χ1v) is 4.04. The van der Waals surface area contributed by atoms with Gasteiger partial charge in [-0.3, -0.25) is 4.79 Å². The zero-order chi connectivity index (χ0) is 10.9. The molecule has 0 aliphatic heterocycles. The topological polar surface area (TPSA) is 30.0 Å². The molecule has 0 radical (unpaired) electrons. The van der Waals surface area contributed by atoms with E-state index in [0.29, 0.717) is 12.3 Å². The summed E-state index contributed by atoms with van der Waals surface area (Å²) >= 11 is 2.73. The Morgan fingerprint density at radius 2 is 2.00 bits per heavy atom. The molecule has 0 saturated heterocycles. The molecule has 2 nitrogen and oxygen atoms in total. The molecule has 0 unspecified atom stereocenters. The second-order valence-corrected chi connectivity index (χ2v) is 3.13. The van der Waals surface area contributed by atoms with Crippen LogP contribution in [0.2, 0.25) is 0 Å². The van der Waals surface area contributed by atoms with Crippen LogP contribution >= 0.6 is 15.9 Å². The summed E-state index contributed by atoms with van der Waals surface area (Å²) in [7, 11) is 0. The molecule has 0 N–H and O–H groups in total. The highest BCUT2D eigenvalue weighted by Crippen LogP contribution is 2.24. The Morgan fingerprint density at radius 3 is 2.50 bits per heavy atom. The van der Waals surface area contributed by atoms with Gasteiger partial charge in [-0.15, -0.1) is 0 Å². The van der Waals surface area contributed by atoms with Gasteiger partial charge in [0.15, 0.2) is 5.82 Å². The van der Waals surface area contributed by atoms with E-state index in [1.807, 2.05) is 0 Å². The highest BCUT2D eigenvalue weighted by molar-refractivity contribution is 9.10. The average molecular weight is 272 g/mol. The molecule has 0 aliphatic rings. The summed E-state index contributed by atoms with van der Waals surface area (Å²) in [5, 5.41) is 0. The number of halogens is 5. The lowest BCUT2D eigenvalue weighted by Gasteiger charge is -2.05. The first kappa shape index (κ1) is 11.1. The van der Waals surface area contributed by atoms with Crippen molar-refractivity contribution in [3.8, 4) is 0 Å². The van der Waals surface area contributed by atoms with Gasteiger partial charge in [0.25, 0.3) is 5.78 Å². The minimum atomic E-state index is -5.08. The number of Topliss-reactive ketones (excluding diaryl/α,β-unsaturated/α-hetero) is 1. The van der Waals surface area contributed by atoms with Crippen molar-refractivity contribution in [3.05, 3.63) is 28.2 Å². The zero-order valence-electron chi connectivity index (χ0n) is 6.40. The lowest BCUT2D eigenvalue weighted by molar-refractivity contribution is -0.0887. The average Bonchev–Trinajstić information content (AvgIpc) is 2.06. The van der Waals surface area contributed by atoms with Gasteiger partial charge in [-0.05, 0) is 22.0 Å². The highest BCUT2D eigenvalue weighted by Gasteiger charge is 2.40. The van der Waals surface area contributed by atoms with Crippen LogP contribution in [0.25, 0.3) is 0 Å². The van der Waals surface area contributed by atoms with E-state index in [2.05, 4.69) is 20.9 Å². The molecule has 0 bridgehead atoms. The summed E-state index contributed by atoms with van der Waals surface area (Å²) in [6.45, 7) is 0. The quantitative estimate of drug-likeness (QED) is 0.447. The Bertz CT molecular complexity index is 376. The molecule has 0 fully saturated rings. The summed E-state index contributed by atoms with van der Waals surface area (Å²) in [4.78, 5) is 14.0. The third kappa shape index (κ3) is 2.28. The van der Waals surface area contributed by atoms with Gasteiger partial charge < -0.3 is 0 Å². The fourth-order valence-electron chi connectivity index (χ4n) is 0.740. The first-order valence-electron chi connectivity index (χ1n) is 3.25. The molecule has 76 valence electrons. The number of hydrogen-bond acceptors (Lipinski definition) is 2.